The van der Waals surface area contributed by atoms with E-state index in [1.807, 2.05) is 12.1 Å². The average molecular weight is 385 g/mol. The Hall–Kier alpha value is -1.88. The number of methoxy groups -OCH3 is 1. The van der Waals surface area contributed by atoms with Crippen LogP contribution in [0.15, 0.2) is 54.6 Å². The van der Waals surface area contributed by atoms with E-state index < -0.39 is 0 Å². The minimum absolute atomic E-state index is 0.0613. The van der Waals surface area contributed by atoms with Gasteiger partial charge in [-0.1, -0.05) is 30.3 Å². The lowest BCUT2D eigenvalue weighted by Crippen LogP contribution is -2.85. The monoisotopic (exact) mass is 384 g/mol. The molecule has 2 aromatic carbocycles. The Bertz CT molecular complexity index is 729. The van der Waals surface area contributed by atoms with Crippen LogP contribution in [0, 0.1) is 5.92 Å². The van der Waals surface area contributed by atoms with E-state index in [0.717, 1.165) is 38.3 Å². The third-order valence-corrected chi connectivity index (χ3v) is 6.12. The second kappa shape index (κ2) is 9.08. The first-order valence-corrected chi connectivity index (χ1v) is 10.2. The van der Waals surface area contributed by atoms with Gasteiger partial charge in [0.1, 0.15) is 12.3 Å². The molecule has 0 unspecified atom stereocenters. The number of quaternary nitrogens is 1. The van der Waals surface area contributed by atoms with Crippen LogP contribution >= 0.6 is 0 Å². The number of benzene rings is 2. The Kier molecular flexibility index (Phi) is 6.76. The summed E-state index contributed by atoms with van der Waals surface area (Å²) in [5, 5.41) is 12.7. The number of nitrogens with two attached hydrogens (primary N) is 1. The van der Waals surface area contributed by atoms with Gasteiger partial charge in [0.25, 0.3) is 0 Å². The third kappa shape index (κ3) is 4.75. The van der Waals surface area contributed by atoms with Gasteiger partial charge in [0.05, 0.1) is 25.9 Å². The van der Waals surface area contributed by atoms with Crippen molar-refractivity contribution in [1.29, 1.82) is 0 Å². The molecule has 4 heteroatoms. The summed E-state index contributed by atoms with van der Waals surface area (Å²) < 4.78 is 11.3. The van der Waals surface area contributed by atoms with Crippen LogP contribution in [0.25, 0.3) is 0 Å². The molecule has 1 aliphatic heterocycles. The minimum Gasteiger partial charge on any atom is -0.497 e. The van der Waals surface area contributed by atoms with Crippen LogP contribution in [-0.4, -0.2) is 37.6 Å². The molecule has 0 aromatic heterocycles. The molecule has 0 spiro atoms. The molecule has 3 N–H and O–H groups in total. The van der Waals surface area contributed by atoms with E-state index in [1.54, 1.807) is 7.11 Å². The van der Waals surface area contributed by atoms with Crippen molar-refractivity contribution in [1.82, 2.24) is 0 Å². The molecule has 1 aliphatic rings. The van der Waals surface area contributed by atoms with Gasteiger partial charge >= 0.3 is 0 Å². The predicted octanol–water partition coefficient (Wildman–Crippen LogP) is 2.89. The largest absolute Gasteiger partial charge is 0.497 e. The zero-order chi connectivity index (χ0) is 20.0. The summed E-state index contributed by atoms with van der Waals surface area (Å²) in [5.41, 5.74) is 2.34. The van der Waals surface area contributed by atoms with Gasteiger partial charge in [-0.3, -0.25) is 0 Å². The molecule has 0 aliphatic carbocycles. The zero-order valence-corrected chi connectivity index (χ0v) is 17.4. The lowest BCUT2D eigenvalue weighted by molar-refractivity contribution is -0.677. The third-order valence-electron chi connectivity index (χ3n) is 6.12. The molecular formula is C24H34NO3+. The average Bonchev–Trinajstić information content (AvgIpc) is 2.71. The fourth-order valence-electron chi connectivity index (χ4n) is 4.70. The van der Waals surface area contributed by atoms with Crippen molar-refractivity contribution >= 4 is 0 Å². The van der Waals surface area contributed by atoms with Crippen LogP contribution in [0.1, 0.15) is 37.8 Å². The normalized spacial score (nSPS) is 22.6. The summed E-state index contributed by atoms with van der Waals surface area (Å²) in [6.07, 6.45) is 1.87. The van der Waals surface area contributed by atoms with Crippen LogP contribution in [0.4, 0.5) is 0 Å². The quantitative estimate of drug-likeness (QED) is 0.736. The molecule has 0 bridgehead atoms. The molecule has 1 fully saturated rings. The SMILES string of the molecule is COc1ccc(C[NH2+]C[C@@H](CO)[C@]2(c3ccccc3)CCOC(C)(C)C2)cc1. The fraction of sp³-hybridized carbons (Fsp3) is 0.500. The van der Waals surface area contributed by atoms with Gasteiger partial charge in [-0.25, -0.2) is 0 Å². The van der Waals surface area contributed by atoms with Gasteiger partial charge in [-0.05, 0) is 56.5 Å². The van der Waals surface area contributed by atoms with Crippen molar-refractivity contribution in [2.75, 3.05) is 26.9 Å². The molecule has 2 aromatic rings. The molecule has 0 radical (unpaired) electrons. The lowest BCUT2D eigenvalue weighted by Gasteiger charge is -2.48. The van der Waals surface area contributed by atoms with E-state index in [-0.39, 0.29) is 23.5 Å². The van der Waals surface area contributed by atoms with E-state index in [4.69, 9.17) is 9.47 Å². The van der Waals surface area contributed by atoms with Gasteiger partial charge < -0.3 is 19.9 Å². The molecule has 2 atom stereocenters. The van der Waals surface area contributed by atoms with E-state index in [9.17, 15) is 5.11 Å². The molecule has 28 heavy (non-hydrogen) atoms. The first-order valence-electron chi connectivity index (χ1n) is 10.2. The number of aliphatic hydroxyl groups excluding tert-OH is 1. The Morgan fingerprint density at radius 3 is 2.43 bits per heavy atom. The van der Waals surface area contributed by atoms with Crippen molar-refractivity contribution in [2.45, 2.75) is 44.2 Å². The number of aliphatic hydroxyl groups is 1. The molecule has 152 valence electrons. The number of rotatable bonds is 8. The van der Waals surface area contributed by atoms with Crippen LogP contribution in [0.5, 0.6) is 5.75 Å². The van der Waals surface area contributed by atoms with E-state index in [0.29, 0.717) is 0 Å². The highest BCUT2D eigenvalue weighted by Gasteiger charge is 2.47. The predicted molar refractivity (Wildman–Crippen MR) is 111 cm³/mol. The van der Waals surface area contributed by atoms with Gasteiger partial charge in [-0.15, -0.1) is 0 Å². The Morgan fingerprint density at radius 1 is 1.11 bits per heavy atom. The summed E-state index contributed by atoms with van der Waals surface area (Å²) in [4.78, 5) is 0. The van der Waals surface area contributed by atoms with E-state index in [2.05, 4.69) is 61.6 Å². The number of ether oxygens (including phenoxy) is 2. The summed E-state index contributed by atoms with van der Waals surface area (Å²) in [7, 11) is 1.69. The van der Waals surface area contributed by atoms with Crippen LogP contribution in [-0.2, 0) is 16.7 Å². The van der Waals surface area contributed by atoms with Gasteiger partial charge in [-0.2, -0.15) is 0 Å². The van der Waals surface area contributed by atoms with Crippen LogP contribution < -0.4 is 10.1 Å². The maximum Gasteiger partial charge on any atom is 0.118 e. The highest BCUT2D eigenvalue weighted by molar-refractivity contribution is 5.29. The highest BCUT2D eigenvalue weighted by atomic mass is 16.5. The Morgan fingerprint density at radius 2 is 1.82 bits per heavy atom. The standard InChI is InChI=1S/C24H33NO3/c1-23(2)18-24(13-14-28-23,20-7-5-4-6-8-20)21(17-26)16-25-15-19-9-11-22(27-3)12-10-19/h4-12,21,25-26H,13-18H2,1-3H3/p+1/t21-,24+/m0/s1. The number of hydrogen-bond donors (Lipinski definition) is 2. The molecular weight excluding hydrogens is 350 g/mol. The molecule has 4 nitrogen and oxygen atoms in total. The fourth-order valence-corrected chi connectivity index (χ4v) is 4.70. The van der Waals surface area contributed by atoms with Crippen molar-refractivity contribution in [3.8, 4) is 5.75 Å². The first-order chi connectivity index (χ1) is 13.5. The minimum atomic E-state index is -0.183. The molecule has 3 rings (SSSR count). The number of hydrogen-bond acceptors (Lipinski definition) is 3. The van der Waals surface area contributed by atoms with Crippen LogP contribution in [0.2, 0.25) is 0 Å². The molecule has 0 saturated carbocycles. The second-order valence-corrected chi connectivity index (χ2v) is 8.51. The summed E-state index contributed by atoms with van der Waals surface area (Å²) in [6.45, 7) is 7.03. The zero-order valence-electron chi connectivity index (χ0n) is 17.4. The lowest BCUT2D eigenvalue weighted by atomic mass is 9.62. The Balaban J connectivity index is 1.75. The van der Waals surface area contributed by atoms with Crippen LogP contribution in [0.3, 0.4) is 0 Å². The van der Waals surface area contributed by atoms with E-state index in [1.165, 1.54) is 11.1 Å². The smallest absolute Gasteiger partial charge is 0.118 e. The molecule has 0 amide bonds. The van der Waals surface area contributed by atoms with Crippen molar-refractivity contribution in [3.63, 3.8) is 0 Å². The second-order valence-electron chi connectivity index (χ2n) is 8.51. The highest BCUT2D eigenvalue weighted by Crippen LogP contribution is 2.46. The summed E-state index contributed by atoms with van der Waals surface area (Å²) >= 11 is 0. The Labute approximate surface area is 168 Å². The summed E-state index contributed by atoms with van der Waals surface area (Å²) in [5.74, 6) is 1.06. The molecule has 1 heterocycles. The topological polar surface area (TPSA) is 55.3 Å². The maximum atomic E-state index is 10.4. The summed E-state index contributed by atoms with van der Waals surface area (Å²) in [6, 6.07) is 18.9. The van der Waals surface area contributed by atoms with Gasteiger partial charge in [0, 0.05) is 23.5 Å². The van der Waals surface area contributed by atoms with Crippen molar-refractivity contribution in [2.24, 2.45) is 5.92 Å². The van der Waals surface area contributed by atoms with Crippen molar-refractivity contribution in [3.05, 3.63) is 65.7 Å². The van der Waals surface area contributed by atoms with E-state index >= 15 is 0 Å². The molecule has 1 saturated heterocycles. The first kappa shape index (κ1) is 20.8. The van der Waals surface area contributed by atoms with Gasteiger partial charge in [0.15, 0.2) is 0 Å². The van der Waals surface area contributed by atoms with Gasteiger partial charge in [0.2, 0.25) is 0 Å². The maximum absolute atomic E-state index is 10.4. The van der Waals surface area contributed by atoms with Crippen molar-refractivity contribution < 1.29 is 19.9 Å².